The van der Waals surface area contributed by atoms with Crippen LogP contribution in [0.5, 0.6) is 5.75 Å². The molecule has 1 aromatic rings. The standard InChI is InChI=1S/C18H26N2O3/c1-22-12-13-7-10-20(11-8-13)17(21)18(19)9-6-14-15(18)4-3-5-16(14)23-2/h3-5,13H,6-12,19H2,1-2H3. The number of hydrogen-bond acceptors (Lipinski definition) is 4. The van der Waals surface area contributed by atoms with Crippen molar-refractivity contribution >= 4 is 5.91 Å². The van der Waals surface area contributed by atoms with E-state index in [-0.39, 0.29) is 5.91 Å². The number of fused-ring (bicyclic) bond motifs is 1. The number of nitrogens with two attached hydrogens (primary N) is 1. The first-order chi connectivity index (χ1) is 11.1. The van der Waals surface area contributed by atoms with Gasteiger partial charge in [-0.3, -0.25) is 4.79 Å². The zero-order valence-corrected chi connectivity index (χ0v) is 14.0. The van der Waals surface area contributed by atoms with Gasteiger partial charge in [-0.25, -0.2) is 0 Å². The summed E-state index contributed by atoms with van der Waals surface area (Å²) in [4.78, 5) is 15.0. The number of carbonyl (C=O) groups is 1. The van der Waals surface area contributed by atoms with Crippen molar-refractivity contribution in [1.29, 1.82) is 0 Å². The van der Waals surface area contributed by atoms with Crippen molar-refractivity contribution in [2.75, 3.05) is 33.9 Å². The van der Waals surface area contributed by atoms with E-state index in [4.69, 9.17) is 15.2 Å². The van der Waals surface area contributed by atoms with Crippen molar-refractivity contribution in [3.63, 3.8) is 0 Å². The Kier molecular flexibility index (Phi) is 4.60. The van der Waals surface area contributed by atoms with E-state index in [2.05, 4.69) is 0 Å². The summed E-state index contributed by atoms with van der Waals surface area (Å²) in [5.74, 6) is 1.44. The molecule has 5 nitrogen and oxygen atoms in total. The Hall–Kier alpha value is -1.59. The molecule has 23 heavy (non-hydrogen) atoms. The Morgan fingerprint density at radius 2 is 2.09 bits per heavy atom. The molecule has 1 heterocycles. The van der Waals surface area contributed by atoms with Crippen LogP contribution in [0.2, 0.25) is 0 Å². The van der Waals surface area contributed by atoms with Crippen LogP contribution in [0.25, 0.3) is 0 Å². The van der Waals surface area contributed by atoms with Gasteiger partial charge in [-0.2, -0.15) is 0 Å². The maximum atomic E-state index is 13.1. The number of likely N-dealkylation sites (tertiary alicyclic amines) is 1. The molecule has 1 atom stereocenters. The van der Waals surface area contributed by atoms with Crippen LogP contribution in [0, 0.1) is 5.92 Å². The third kappa shape index (κ3) is 2.83. The molecule has 1 saturated heterocycles. The smallest absolute Gasteiger partial charge is 0.247 e. The number of benzene rings is 1. The predicted molar refractivity (Wildman–Crippen MR) is 88.4 cm³/mol. The molecule has 5 heteroatoms. The fraction of sp³-hybridized carbons (Fsp3) is 0.611. The van der Waals surface area contributed by atoms with Gasteiger partial charge in [0.05, 0.1) is 7.11 Å². The third-order valence-corrected chi connectivity index (χ3v) is 5.29. The van der Waals surface area contributed by atoms with Crippen LogP contribution in [-0.2, 0) is 21.5 Å². The van der Waals surface area contributed by atoms with Gasteiger partial charge in [0, 0.05) is 26.8 Å². The molecule has 1 amide bonds. The third-order valence-electron chi connectivity index (χ3n) is 5.29. The van der Waals surface area contributed by atoms with E-state index in [9.17, 15) is 4.79 Å². The van der Waals surface area contributed by atoms with Gasteiger partial charge in [-0.15, -0.1) is 0 Å². The number of nitrogens with zero attached hydrogens (tertiary/aromatic N) is 1. The van der Waals surface area contributed by atoms with Gasteiger partial charge in [0.25, 0.3) is 0 Å². The number of carbonyl (C=O) groups excluding carboxylic acids is 1. The average molecular weight is 318 g/mol. The molecular weight excluding hydrogens is 292 g/mol. The van der Waals surface area contributed by atoms with Crippen LogP contribution in [-0.4, -0.2) is 44.7 Å². The van der Waals surface area contributed by atoms with Crippen molar-refractivity contribution in [1.82, 2.24) is 4.90 Å². The van der Waals surface area contributed by atoms with Gasteiger partial charge in [-0.05, 0) is 48.8 Å². The summed E-state index contributed by atoms with van der Waals surface area (Å²) < 4.78 is 10.6. The topological polar surface area (TPSA) is 64.8 Å². The lowest BCUT2D eigenvalue weighted by Gasteiger charge is -2.37. The summed E-state index contributed by atoms with van der Waals surface area (Å²) in [5, 5.41) is 0. The molecule has 126 valence electrons. The Morgan fingerprint density at radius 1 is 1.35 bits per heavy atom. The lowest BCUT2D eigenvalue weighted by atomic mass is 9.89. The van der Waals surface area contributed by atoms with E-state index in [1.807, 2.05) is 23.1 Å². The summed E-state index contributed by atoms with van der Waals surface area (Å²) in [7, 11) is 3.39. The van der Waals surface area contributed by atoms with Crippen LogP contribution in [0.15, 0.2) is 18.2 Å². The molecular formula is C18H26N2O3. The van der Waals surface area contributed by atoms with E-state index in [1.54, 1.807) is 14.2 Å². The minimum atomic E-state index is -0.905. The lowest BCUT2D eigenvalue weighted by Crippen LogP contribution is -2.53. The SMILES string of the molecule is COCC1CCN(C(=O)C2(N)CCc3c(OC)cccc32)CC1. The van der Waals surface area contributed by atoms with Crippen LogP contribution in [0.4, 0.5) is 0 Å². The van der Waals surface area contributed by atoms with E-state index in [0.717, 1.165) is 55.8 Å². The summed E-state index contributed by atoms with van der Waals surface area (Å²) in [6.07, 6.45) is 3.42. The van der Waals surface area contributed by atoms with E-state index in [1.165, 1.54) is 0 Å². The number of rotatable bonds is 4. The zero-order valence-electron chi connectivity index (χ0n) is 14.0. The van der Waals surface area contributed by atoms with E-state index < -0.39 is 5.54 Å². The monoisotopic (exact) mass is 318 g/mol. The first-order valence-corrected chi connectivity index (χ1v) is 8.33. The molecule has 1 unspecified atom stereocenters. The van der Waals surface area contributed by atoms with E-state index in [0.29, 0.717) is 12.3 Å². The maximum Gasteiger partial charge on any atom is 0.247 e. The van der Waals surface area contributed by atoms with Gasteiger partial charge < -0.3 is 20.1 Å². The highest BCUT2D eigenvalue weighted by atomic mass is 16.5. The molecule has 3 rings (SSSR count). The molecule has 1 aliphatic carbocycles. The Balaban J connectivity index is 1.77. The Labute approximate surface area is 137 Å². The number of piperidine rings is 1. The van der Waals surface area contributed by atoms with Gasteiger partial charge >= 0.3 is 0 Å². The summed E-state index contributed by atoms with van der Waals surface area (Å²) >= 11 is 0. The second kappa shape index (κ2) is 6.49. The first-order valence-electron chi connectivity index (χ1n) is 8.33. The Morgan fingerprint density at radius 3 is 2.74 bits per heavy atom. The van der Waals surface area contributed by atoms with Gasteiger partial charge in [-0.1, -0.05) is 12.1 Å². The molecule has 0 aromatic heterocycles. The molecule has 0 bridgehead atoms. The van der Waals surface area contributed by atoms with Crippen LogP contribution >= 0.6 is 0 Å². The molecule has 0 saturated carbocycles. The summed E-state index contributed by atoms with van der Waals surface area (Å²) in [6.45, 7) is 2.31. The van der Waals surface area contributed by atoms with E-state index >= 15 is 0 Å². The van der Waals surface area contributed by atoms with Crippen LogP contribution in [0.3, 0.4) is 0 Å². The lowest BCUT2D eigenvalue weighted by molar-refractivity contribution is -0.139. The quantitative estimate of drug-likeness (QED) is 0.917. The largest absolute Gasteiger partial charge is 0.496 e. The minimum Gasteiger partial charge on any atom is -0.496 e. The molecule has 2 N–H and O–H groups in total. The first kappa shape index (κ1) is 16.3. The summed E-state index contributed by atoms with van der Waals surface area (Å²) in [6, 6.07) is 5.83. The van der Waals surface area contributed by atoms with Crippen LogP contribution in [0.1, 0.15) is 30.4 Å². The highest BCUT2D eigenvalue weighted by Crippen LogP contribution is 2.41. The number of methoxy groups -OCH3 is 2. The number of hydrogen-bond donors (Lipinski definition) is 1. The minimum absolute atomic E-state index is 0.0559. The van der Waals surface area contributed by atoms with Gasteiger partial charge in [0.2, 0.25) is 5.91 Å². The molecule has 0 spiro atoms. The fourth-order valence-electron chi connectivity index (χ4n) is 3.93. The second-order valence-electron chi connectivity index (χ2n) is 6.65. The molecule has 1 aliphatic heterocycles. The van der Waals surface area contributed by atoms with Crippen molar-refractivity contribution in [2.24, 2.45) is 11.7 Å². The highest BCUT2D eigenvalue weighted by Gasteiger charge is 2.45. The zero-order chi connectivity index (χ0) is 16.4. The average Bonchev–Trinajstić information content (AvgIpc) is 2.94. The molecule has 1 aromatic carbocycles. The maximum absolute atomic E-state index is 13.1. The number of ether oxygens (including phenoxy) is 2. The predicted octanol–water partition coefficient (Wildman–Crippen LogP) is 1.68. The molecule has 2 aliphatic rings. The van der Waals surface area contributed by atoms with Gasteiger partial charge in [0.15, 0.2) is 0 Å². The summed E-state index contributed by atoms with van der Waals surface area (Å²) in [5.41, 5.74) is 7.70. The molecule has 1 fully saturated rings. The van der Waals surface area contributed by atoms with Crippen molar-refractivity contribution < 1.29 is 14.3 Å². The van der Waals surface area contributed by atoms with Crippen molar-refractivity contribution in [2.45, 2.75) is 31.2 Å². The van der Waals surface area contributed by atoms with Gasteiger partial charge in [0.1, 0.15) is 11.3 Å². The van der Waals surface area contributed by atoms with Crippen molar-refractivity contribution in [3.05, 3.63) is 29.3 Å². The highest BCUT2D eigenvalue weighted by molar-refractivity contribution is 5.89. The Bertz CT molecular complexity index is 582. The number of amides is 1. The van der Waals surface area contributed by atoms with Crippen LogP contribution < -0.4 is 10.5 Å². The normalized spacial score (nSPS) is 24.6. The fourth-order valence-corrected chi connectivity index (χ4v) is 3.93. The van der Waals surface area contributed by atoms with Crippen molar-refractivity contribution in [3.8, 4) is 5.75 Å². The second-order valence-corrected chi connectivity index (χ2v) is 6.65. The molecule has 0 radical (unpaired) electrons.